The summed E-state index contributed by atoms with van der Waals surface area (Å²) in [6.07, 6.45) is 58.5. The first-order valence-electron chi connectivity index (χ1n) is 29.4. The molecule has 0 bridgehead atoms. The van der Waals surface area contributed by atoms with Crippen LogP contribution in [0.5, 0.6) is 0 Å². The van der Waals surface area contributed by atoms with Gasteiger partial charge in [-0.2, -0.15) is 0 Å². The summed E-state index contributed by atoms with van der Waals surface area (Å²) in [5, 5.41) is 0. The van der Waals surface area contributed by atoms with E-state index in [9.17, 15) is 19.0 Å². The molecule has 0 saturated carbocycles. The molecule has 0 amide bonds. The van der Waals surface area contributed by atoms with Crippen LogP contribution in [0, 0.1) is 0 Å². The molecule has 2 atom stereocenters. The number of likely N-dealkylation sites (N-methyl/N-ethyl adjacent to an activating group) is 1. The number of phosphoric ester groups is 1. The molecule has 0 aliphatic rings. The lowest BCUT2D eigenvalue weighted by molar-refractivity contribution is -0.870. The van der Waals surface area contributed by atoms with E-state index in [1.54, 1.807) is 0 Å². The average molecular weight is 986 g/mol. The summed E-state index contributed by atoms with van der Waals surface area (Å²) < 4.78 is 34.6. The number of nitrogens with zero attached hydrogens (tertiary/aromatic N) is 1. The van der Waals surface area contributed by atoms with Crippen molar-refractivity contribution in [3.8, 4) is 0 Å². The Morgan fingerprint density at radius 3 is 1.09 bits per heavy atom. The van der Waals surface area contributed by atoms with Crippen molar-refractivity contribution in [2.45, 2.75) is 302 Å². The van der Waals surface area contributed by atoms with Gasteiger partial charge in [0.2, 0.25) is 0 Å². The topological polar surface area (TPSA) is 108 Å². The Morgan fingerprint density at radius 2 is 0.750 bits per heavy atom. The van der Waals surface area contributed by atoms with Crippen molar-refractivity contribution in [2.75, 3.05) is 47.5 Å². The van der Waals surface area contributed by atoms with E-state index >= 15 is 0 Å². The number of quaternary nitrogens is 1. The van der Waals surface area contributed by atoms with Gasteiger partial charge >= 0.3 is 19.8 Å². The van der Waals surface area contributed by atoms with Crippen molar-refractivity contribution in [3.63, 3.8) is 0 Å². The molecule has 0 aromatic heterocycles. The van der Waals surface area contributed by atoms with Crippen molar-refractivity contribution in [1.29, 1.82) is 0 Å². The standard InChI is InChI=1S/C58H114NO8P/c1-6-8-10-12-14-16-18-20-22-24-26-28-29-31-33-35-37-39-41-43-45-47-49-51-58(61)67-56(55-66-68(62,63)65-53-52-59(3,4)5)54-64-57(60)50-48-46-44-42-40-38-36-34-32-30-27-25-23-21-19-17-15-13-11-9-7-2/h21,23,56H,6-20,22,24-55H2,1-5H3/p+1/b23-21+/t56-/m1/s1. The maximum Gasteiger partial charge on any atom is 0.472 e. The molecule has 0 aliphatic heterocycles. The predicted molar refractivity (Wildman–Crippen MR) is 289 cm³/mol. The van der Waals surface area contributed by atoms with Gasteiger partial charge in [0, 0.05) is 12.8 Å². The minimum atomic E-state index is -4.38. The normalized spacial score (nSPS) is 13.3. The summed E-state index contributed by atoms with van der Waals surface area (Å²) >= 11 is 0. The second-order valence-corrected chi connectivity index (χ2v) is 22.8. The monoisotopic (exact) mass is 985 g/mol. The molecule has 0 fully saturated rings. The van der Waals surface area contributed by atoms with Crippen LogP contribution < -0.4 is 0 Å². The lowest BCUT2D eigenvalue weighted by Gasteiger charge is -2.24. The zero-order chi connectivity index (χ0) is 49.9. The van der Waals surface area contributed by atoms with Gasteiger partial charge in [0.25, 0.3) is 0 Å². The molecular weight excluding hydrogens is 870 g/mol. The third-order valence-electron chi connectivity index (χ3n) is 13.3. The number of carbonyl (C=O) groups excluding carboxylic acids is 2. The van der Waals surface area contributed by atoms with Crippen LogP contribution in [0.15, 0.2) is 12.2 Å². The Morgan fingerprint density at radius 1 is 0.441 bits per heavy atom. The number of unbranched alkanes of at least 4 members (excludes halogenated alkanes) is 39. The smallest absolute Gasteiger partial charge is 0.462 e. The van der Waals surface area contributed by atoms with Crippen molar-refractivity contribution in [2.24, 2.45) is 0 Å². The molecule has 0 aromatic carbocycles. The number of esters is 2. The molecule has 68 heavy (non-hydrogen) atoms. The first-order valence-corrected chi connectivity index (χ1v) is 30.9. The van der Waals surface area contributed by atoms with Gasteiger partial charge < -0.3 is 18.9 Å². The fourth-order valence-corrected chi connectivity index (χ4v) is 9.46. The van der Waals surface area contributed by atoms with Gasteiger partial charge in [-0.1, -0.05) is 257 Å². The zero-order valence-electron chi connectivity index (χ0n) is 45.9. The average Bonchev–Trinajstić information content (AvgIpc) is 3.30. The summed E-state index contributed by atoms with van der Waals surface area (Å²) in [6.45, 7) is 4.49. The van der Waals surface area contributed by atoms with Crippen LogP contribution in [-0.4, -0.2) is 74.9 Å². The Bertz CT molecular complexity index is 1160. The van der Waals surface area contributed by atoms with Gasteiger partial charge in [0.05, 0.1) is 27.7 Å². The largest absolute Gasteiger partial charge is 0.472 e. The highest BCUT2D eigenvalue weighted by Crippen LogP contribution is 2.43. The third-order valence-corrected chi connectivity index (χ3v) is 14.3. The third kappa shape index (κ3) is 54.1. The molecule has 0 spiro atoms. The molecule has 1 N–H and O–H groups in total. The Balaban J connectivity index is 4.12. The molecule has 0 aliphatic carbocycles. The number of ether oxygens (including phenoxy) is 2. The van der Waals surface area contributed by atoms with Gasteiger partial charge in [-0.05, 0) is 38.5 Å². The zero-order valence-corrected chi connectivity index (χ0v) is 46.8. The molecule has 404 valence electrons. The van der Waals surface area contributed by atoms with E-state index in [0.29, 0.717) is 17.4 Å². The number of hydrogen-bond donors (Lipinski definition) is 1. The summed E-state index contributed by atoms with van der Waals surface area (Å²) in [4.78, 5) is 35.7. The molecule has 0 heterocycles. The molecule has 9 nitrogen and oxygen atoms in total. The second-order valence-electron chi connectivity index (χ2n) is 21.4. The van der Waals surface area contributed by atoms with Gasteiger partial charge in [-0.25, -0.2) is 4.57 Å². The summed E-state index contributed by atoms with van der Waals surface area (Å²) in [5.41, 5.74) is 0. The Kier molecular flexibility index (Phi) is 49.8. The summed E-state index contributed by atoms with van der Waals surface area (Å²) in [7, 11) is 1.50. The molecule has 0 rings (SSSR count). The molecule has 0 radical (unpaired) electrons. The quantitative estimate of drug-likeness (QED) is 0.0211. The lowest BCUT2D eigenvalue weighted by atomic mass is 10.0. The SMILES string of the molecule is CCCCCCCC/C=C/CCCCCCCCCCCCCC(=O)OC[C@H](COP(=O)(O)OCC[N+](C)(C)C)OC(=O)CCCCCCCCCCCCCCCCCCCCCCCCC. The van der Waals surface area contributed by atoms with Crippen LogP contribution in [0.2, 0.25) is 0 Å². The Hall–Kier alpha value is -1.25. The van der Waals surface area contributed by atoms with E-state index in [0.717, 1.165) is 38.5 Å². The Labute approximate surface area is 422 Å². The fourth-order valence-electron chi connectivity index (χ4n) is 8.72. The lowest BCUT2D eigenvalue weighted by Crippen LogP contribution is -2.37. The molecular formula is C58H115NO8P+. The number of rotatable bonds is 55. The van der Waals surface area contributed by atoms with Gasteiger partial charge in [0.1, 0.15) is 19.8 Å². The van der Waals surface area contributed by atoms with E-state index in [1.165, 1.54) is 231 Å². The van der Waals surface area contributed by atoms with Gasteiger partial charge in [0.15, 0.2) is 6.10 Å². The van der Waals surface area contributed by atoms with E-state index in [4.69, 9.17) is 18.5 Å². The van der Waals surface area contributed by atoms with Gasteiger partial charge in [-0.15, -0.1) is 0 Å². The van der Waals surface area contributed by atoms with E-state index in [-0.39, 0.29) is 25.6 Å². The number of phosphoric acid groups is 1. The van der Waals surface area contributed by atoms with Crippen LogP contribution >= 0.6 is 7.82 Å². The van der Waals surface area contributed by atoms with Crippen LogP contribution in [0.25, 0.3) is 0 Å². The van der Waals surface area contributed by atoms with E-state index in [1.807, 2.05) is 21.1 Å². The van der Waals surface area contributed by atoms with E-state index in [2.05, 4.69) is 26.0 Å². The summed E-state index contributed by atoms with van der Waals surface area (Å²) in [6, 6.07) is 0. The molecule has 10 heteroatoms. The van der Waals surface area contributed by atoms with Crippen molar-refractivity contribution in [1.82, 2.24) is 0 Å². The van der Waals surface area contributed by atoms with Crippen molar-refractivity contribution in [3.05, 3.63) is 12.2 Å². The van der Waals surface area contributed by atoms with Crippen LogP contribution in [0.1, 0.15) is 296 Å². The van der Waals surface area contributed by atoms with Crippen molar-refractivity contribution < 1.29 is 42.1 Å². The molecule has 0 aromatic rings. The molecule has 0 saturated heterocycles. The highest BCUT2D eigenvalue weighted by atomic mass is 31.2. The molecule has 1 unspecified atom stereocenters. The van der Waals surface area contributed by atoms with Crippen LogP contribution in [-0.2, 0) is 32.7 Å². The minimum absolute atomic E-state index is 0.0357. The minimum Gasteiger partial charge on any atom is -0.462 e. The maximum atomic E-state index is 12.8. The second kappa shape index (κ2) is 50.7. The first kappa shape index (κ1) is 66.8. The maximum absolute atomic E-state index is 12.8. The highest BCUT2D eigenvalue weighted by molar-refractivity contribution is 7.47. The fraction of sp³-hybridized carbons (Fsp3) is 0.931. The van der Waals surface area contributed by atoms with Gasteiger partial charge in [-0.3, -0.25) is 18.6 Å². The van der Waals surface area contributed by atoms with Crippen LogP contribution in [0.3, 0.4) is 0 Å². The first-order chi connectivity index (χ1) is 33.0. The number of allylic oxidation sites excluding steroid dienone is 2. The van der Waals surface area contributed by atoms with Crippen LogP contribution in [0.4, 0.5) is 0 Å². The predicted octanol–water partition coefficient (Wildman–Crippen LogP) is 18.0. The number of carbonyl (C=O) groups is 2. The number of hydrogen-bond acceptors (Lipinski definition) is 7. The van der Waals surface area contributed by atoms with Crippen molar-refractivity contribution >= 4 is 19.8 Å². The summed E-state index contributed by atoms with van der Waals surface area (Å²) in [5.74, 6) is -0.779. The van der Waals surface area contributed by atoms with E-state index < -0.39 is 26.5 Å². The highest BCUT2D eigenvalue weighted by Gasteiger charge is 2.27.